The van der Waals surface area contributed by atoms with Gasteiger partial charge in [-0.1, -0.05) is 19.8 Å². The first kappa shape index (κ1) is 41.5. The fourth-order valence-electron chi connectivity index (χ4n) is 3.83. The van der Waals surface area contributed by atoms with E-state index in [1.807, 2.05) is 7.05 Å². The van der Waals surface area contributed by atoms with Crippen molar-refractivity contribution in [1.29, 1.82) is 0 Å². The van der Waals surface area contributed by atoms with Gasteiger partial charge in [-0.05, 0) is 66.3 Å². The predicted octanol–water partition coefficient (Wildman–Crippen LogP) is 2.42. The Bertz CT molecular complexity index is 764. The molecule has 0 radical (unpaired) electrons. The molecule has 0 bridgehead atoms. The lowest BCUT2D eigenvalue weighted by atomic mass is 10.1. The number of likely N-dealkylation sites (N-methyl/N-ethyl adjacent to an activating group) is 1. The molecule has 0 spiro atoms. The maximum atomic E-state index is 12.9. The molecule has 258 valence electrons. The molecule has 1 unspecified atom stereocenters. The highest BCUT2D eigenvalue weighted by atomic mass is 16.6. The van der Waals surface area contributed by atoms with Crippen LogP contribution in [0.15, 0.2) is 0 Å². The van der Waals surface area contributed by atoms with Crippen LogP contribution in [-0.2, 0) is 33.3 Å². The smallest absolute Gasteiger partial charge is 0.407 e. The number of carbonyl (C=O) groups is 4. The third-order valence-corrected chi connectivity index (χ3v) is 6.19. The first-order valence-corrected chi connectivity index (χ1v) is 16.3. The minimum absolute atomic E-state index is 0.0632. The molecule has 0 aliphatic rings. The molecule has 0 aliphatic heterocycles. The van der Waals surface area contributed by atoms with E-state index in [0.717, 1.165) is 32.2 Å². The minimum Gasteiger partial charge on any atom is -0.444 e. The van der Waals surface area contributed by atoms with Crippen LogP contribution in [0, 0.1) is 0 Å². The number of ether oxygens (including phenoxy) is 4. The average Bonchev–Trinajstić information content (AvgIpc) is 2.96. The summed E-state index contributed by atoms with van der Waals surface area (Å²) in [6, 6.07) is -0.700. The van der Waals surface area contributed by atoms with Gasteiger partial charge in [-0.3, -0.25) is 14.4 Å². The monoisotopic (exact) mass is 631 g/mol. The van der Waals surface area contributed by atoms with E-state index >= 15 is 0 Å². The molecular weight excluding hydrogens is 570 g/mol. The number of alkyl carbamates (subject to hydrolysis) is 1. The van der Waals surface area contributed by atoms with Gasteiger partial charge in [0.2, 0.25) is 17.7 Å². The lowest BCUT2D eigenvalue weighted by molar-refractivity contribution is -0.129. The lowest BCUT2D eigenvalue weighted by Crippen LogP contribution is -2.47. The molecule has 13 heteroatoms. The average molecular weight is 632 g/mol. The summed E-state index contributed by atoms with van der Waals surface area (Å²) in [4.78, 5) is 49.1. The van der Waals surface area contributed by atoms with Crippen molar-refractivity contribution in [3.63, 3.8) is 0 Å². The summed E-state index contributed by atoms with van der Waals surface area (Å²) in [5.74, 6) is -0.469. The highest BCUT2D eigenvalue weighted by molar-refractivity contribution is 5.87. The van der Waals surface area contributed by atoms with Crippen molar-refractivity contribution in [1.82, 2.24) is 26.6 Å². The van der Waals surface area contributed by atoms with Gasteiger partial charge in [0.05, 0.1) is 39.6 Å². The summed E-state index contributed by atoms with van der Waals surface area (Å²) in [6.07, 6.45) is 6.33. The molecule has 0 saturated carbocycles. The van der Waals surface area contributed by atoms with Crippen molar-refractivity contribution in [3.05, 3.63) is 0 Å². The van der Waals surface area contributed by atoms with Gasteiger partial charge in [-0.15, -0.1) is 0 Å². The van der Waals surface area contributed by atoms with Gasteiger partial charge in [0.25, 0.3) is 0 Å². The van der Waals surface area contributed by atoms with Crippen LogP contribution >= 0.6 is 0 Å². The van der Waals surface area contributed by atoms with Gasteiger partial charge >= 0.3 is 6.09 Å². The summed E-state index contributed by atoms with van der Waals surface area (Å²) < 4.78 is 21.5. The fraction of sp³-hybridized carbons (Fsp3) is 0.871. The van der Waals surface area contributed by atoms with Crippen molar-refractivity contribution in [3.8, 4) is 0 Å². The van der Waals surface area contributed by atoms with Crippen LogP contribution in [0.25, 0.3) is 0 Å². The van der Waals surface area contributed by atoms with Crippen LogP contribution in [-0.4, -0.2) is 108 Å². The maximum absolute atomic E-state index is 12.9. The van der Waals surface area contributed by atoms with E-state index in [4.69, 9.17) is 18.9 Å². The molecule has 0 heterocycles. The Balaban J connectivity index is 4.42. The molecule has 0 aromatic heterocycles. The van der Waals surface area contributed by atoms with Crippen molar-refractivity contribution >= 4 is 23.8 Å². The number of hydrogen-bond donors (Lipinski definition) is 5. The van der Waals surface area contributed by atoms with Crippen LogP contribution in [0.2, 0.25) is 0 Å². The third kappa shape index (κ3) is 28.3. The van der Waals surface area contributed by atoms with Gasteiger partial charge in [-0.2, -0.15) is 0 Å². The quantitative estimate of drug-likeness (QED) is 0.0816. The van der Waals surface area contributed by atoms with Crippen molar-refractivity contribution < 1.29 is 38.1 Å². The Morgan fingerprint density at radius 1 is 0.636 bits per heavy atom. The second-order valence-corrected chi connectivity index (χ2v) is 11.5. The Kier molecular flexibility index (Phi) is 26.4. The summed E-state index contributed by atoms with van der Waals surface area (Å²) in [5, 5.41) is 14.3. The molecule has 0 rings (SSSR count). The van der Waals surface area contributed by atoms with Crippen molar-refractivity contribution in [2.75, 3.05) is 72.9 Å². The zero-order chi connectivity index (χ0) is 32.9. The first-order chi connectivity index (χ1) is 21.1. The molecule has 0 aromatic carbocycles. The molecule has 1 atom stereocenters. The molecular formula is C31H61N5O8. The predicted molar refractivity (Wildman–Crippen MR) is 170 cm³/mol. The maximum Gasteiger partial charge on any atom is 0.407 e. The fourth-order valence-corrected chi connectivity index (χ4v) is 3.83. The van der Waals surface area contributed by atoms with E-state index in [0.29, 0.717) is 84.8 Å². The highest BCUT2D eigenvalue weighted by Crippen LogP contribution is 2.07. The lowest BCUT2D eigenvalue weighted by Gasteiger charge is -2.20. The molecule has 4 amide bonds. The summed E-state index contributed by atoms with van der Waals surface area (Å²) in [5.41, 5.74) is -0.574. The molecule has 0 aliphatic carbocycles. The largest absolute Gasteiger partial charge is 0.444 e. The van der Waals surface area contributed by atoms with Crippen LogP contribution in [0.5, 0.6) is 0 Å². The Hall–Kier alpha value is -2.48. The highest BCUT2D eigenvalue weighted by Gasteiger charge is 2.20. The molecule has 0 fully saturated rings. The number of carbonyl (C=O) groups excluding carboxylic acids is 4. The Morgan fingerprint density at radius 2 is 1.23 bits per heavy atom. The van der Waals surface area contributed by atoms with Crippen LogP contribution in [0.1, 0.15) is 91.9 Å². The van der Waals surface area contributed by atoms with Gasteiger partial charge in [0.1, 0.15) is 11.6 Å². The molecule has 0 aromatic rings. The van der Waals surface area contributed by atoms with Crippen molar-refractivity contribution in [2.24, 2.45) is 0 Å². The van der Waals surface area contributed by atoms with Crippen molar-refractivity contribution in [2.45, 2.75) is 104 Å². The summed E-state index contributed by atoms with van der Waals surface area (Å²) in [6.45, 7) is 12.3. The van der Waals surface area contributed by atoms with Gasteiger partial charge in [0, 0.05) is 39.0 Å². The van der Waals surface area contributed by atoms with E-state index in [9.17, 15) is 19.2 Å². The number of unbranched alkanes of at least 4 members (excludes halogenated alkanes) is 4. The number of hydrogen-bond acceptors (Lipinski definition) is 9. The van der Waals surface area contributed by atoms with Gasteiger partial charge in [0.15, 0.2) is 0 Å². The minimum atomic E-state index is -0.700. The van der Waals surface area contributed by atoms with Crippen LogP contribution in [0.4, 0.5) is 4.79 Å². The molecule has 13 nitrogen and oxygen atoms in total. The molecule has 0 saturated heterocycles. The van der Waals surface area contributed by atoms with E-state index in [1.165, 1.54) is 0 Å². The third-order valence-electron chi connectivity index (χ3n) is 6.19. The number of amides is 4. The second-order valence-electron chi connectivity index (χ2n) is 11.5. The van der Waals surface area contributed by atoms with E-state index in [-0.39, 0.29) is 30.7 Å². The van der Waals surface area contributed by atoms with Crippen LogP contribution in [0.3, 0.4) is 0 Å². The zero-order valence-corrected chi connectivity index (χ0v) is 28.0. The second kappa shape index (κ2) is 28.0. The standard InChI is InChI=1S/C31H61N5O8/c1-6-7-8-14-27(37)33-16-11-12-17-34-29(39)26(13-9-10-18-35-30(40)44-31(2,3)4)36-28(38)15-20-41-22-24-43-25-23-42-21-19-32-5/h26,32H,6-25H2,1-5H3,(H,33,37)(H,34,39)(H,35,40)(H,36,38). The summed E-state index contributed by atoms with van der Waals surface area (Å²) in [7, 11) is 1.87. The topological polar surface area (TPSA) is 165 Å². The number of rotatable bonds is 28. The molecule has 5 N–H and O–H groups in total. The van der Waals surface area contributed by atoms with E-state index in [2.05, 4.69) is 33.5 Å². The van der Waals surface area contributed by atoms with Gasteiger partial charge < -0.3 is 45.5 Å². The summed E-state index contributed by atoms with van der Waals surface area (Å²) >= 11 is 0. The van der Waals surface area contributed by atoms with Gasteiger partial charge in [-0.25, -0.2) is 4.79 Å². The first-order valence-electron chi connectivity index (χ1n) is 16.3. The van der Waals surface area contributed by atoms with Crippen LogP contribution < -0.4 is 26.6 Å². The number of nitrogens with one attached hydrogen (secondary N) is 5. The zero-order valence-electron chi connectivity index (χ0n) is 28.0. The molecule has 44 heavy (non-hydrogen) atoms. The Morgan fingerprint density at radius 3 is 1.86 bits per heavy atom. The van der Waals surface area contributed by atoms with E-state index in [1.54, 1.807) is 20.8 Å². The normalized spacial score (nSPS) is 11.9. The SMILES string of the molecule is CCCCCC(=O)NCCCCNC(=O)C(CCCCNC(=O)OC(C)(C)C)NC(=O)CCOCCOCCOCCNC. The van der Waals surface area contributed by atoms with E-state index < -0.39 is 17.7 Å². The Labute approximate surface area is 265 Å².